The van der Waals surface area contributed by atoms with Crippen LogP contribution in [0.2, 0.25) is 0 Å². The monoisotopic (exact) mass is 189 g/mol. The molecule has 0 radical (unpaired) electrons. The van der Waals surface area contributed by atoms with Crippen molar-refractivity contribution in [1.29, 1.82) is 0 Å². The van der Waals surface area contributed by atoms with E-state index in [1.165, 1.54) is 0 Å². The van der Waals surface area contributed by atoms with Gasteiger partial charge in [0, 0.05) is 12.7 Å². The molecule has 1 nitrogen and oxygen atoms in total. The van der Waals surface area contributed by atoms with Crippen LogP contribution in [0, 0.1) is 0 Å². The number of hydrogen-bond acceptors (Lipinski definition) is 1. The van der Waals surface area contributed by atoms with Gasteiger partial charge in [-0.2, -0.15) is 0 Å². The zero-order valence-electron chi connectivity index (χ0n) is 6.97. The third-order valence-electron chi connectivity index (χ3n) is 1.28. The Morgan fingerprint density at radius 2 is 2.00 bits per heavy atom. The summed E-state index contributed by atoms with van der Waals surface area (Å²) < 4.78 is 0.358. The Hall–Kier alpha value is -0.340. The molecule has 0 amide bonds. The number of thiocarbonyl (C=S) groups is 1. The van der Waals surface area contributed by atoms with Crippen molar-refractivity contribution in [2.75, 3.05) is 7.05 Å². The molecule has 11 heavy (non-hydrogen) atoms. The summed E-state index contributed by atoms with van der Waals surface area (Å²) in [6.45, 7) is 3.90. The van der Waals surface area contributed by atoms with Crippen LogP contribution >= 0.6 is 23.8 Å². The Kier molecular flexibility index (Phi) is 5.16. The van der Waals surface area contributed by atoms with Gasteiger partial charge in [-0.15, -0.1) is 0 Å². The molecule has 0 aromatic carbocycles. The number of hydrogen-bond donors (Lipinski definition) is 0. The summed E-state index contributed by atoms with van der Waals surface area (Å²) in [6.07, 6.45) is 5.85. The van der Waals surface area contributed by atoms with Gasteiger partial charge in [0.05, 0.1) is 0 Å². The standard InChI is InChI=1S/C8H12ClNS/c1-4-6-7(5-2)10(3)8(9)11/h4-6H,1-3H3/b6-4-,7-5+. The molecule has 0 aromatic rings. The van der Waals surface area contributed by atoms with E-state index in [4.69, 9.17) is 23.8 Å². The third kappa shape index (κ3) is 3.54. The second-order valence-corrected chi connectivity index (χ2v) is 2.99. The van der Waals surface area contributed by atoms with Gasteiger partial charge < -0.3 is 4.90 Å². The molecule has 0 saturated heterocycles. The molecule has 0 aliphatic rings. The van der Waals surface area contributed by atoms with Crippen molar-refractivity contribution in [2.45, 2.75) is 13.8 Å². The summed E-state index contributed by atoms with van der Waals surface area (Å²) in [4.78, 5) is 1.75. The predicted octanol–water partition coefficient (Wildman–Crippen LogP) is 2.92. The van der Waals surface area contributed by atoms with E-state index in [2.05, 4.69) is 0 Å². The highest BCUT2D eigenvalue weighted by Crippen LogP contribution is 2.06. The maximum atomic E-state index is 5.62. The van der Waals surface area contributed by atoms with E-state index in [1.807, 2.05) is 39.1 Å². The molecule has 0 aliphatic heterocycles. The van der Waals surface area contributed by atoms with E-state index in [0.29, 0.717) is 4.45 Å². The Balaban J connectivity index is 4.40. The Morgan fingerprint density at radius 1 is 1.45 bits per heavy atom. The SMILES string of the molecule is C/C=C\C(=C/C)N(C)C(=S)Cl. The molecule has 0 spiro atoms. The fourth-order valence-electron chi connectivity index (χ4n) is 0.674. The van der Waals surface area contributed by atoms with Gasteiger partial charge in [-0.05, 0) is 32.1 Å². The quantitative estimate of drug-likeness (QED) is 0.285. The largest absolute Gasteiger partial charge is 0.327 e. The summed E-state index contributed by atoms with van der Waals surface area (Å²) in [7, 11) is 1.84. The Bertz CT molecular complexity index is 196. The van der Waals surface area contributed by atoms with Crippen LogP contribution < -0.4 is 0 Å². The molecular weight excluding hydrogens is 178 g/mol. The lowest BCUT2D eigenvalue weighted by Crippen LogP contribution is -2.18. The van der Waals surface area contributed by atoms with Crippen molar-refractivity contribution in [1.82, 2.24) is 4.90 Å². The van der Waals surface area contributed by atoms with Crippen molar-refractivity contribution >= 4 is 28.3 Å². The fourth-order valence-corrected chi connectivity index (χ4v) is 0.877. The molecule has 0 rings (SSSR count). The van der Waals surface area contributed by atoms with Crippen LogP contribution in [0.3, 0.4) is 0 Å². The zero-order chi connectivity index (χ0) is 8.85. The lowest BCUT2D eigenvalue weighted by molar-refractivity contribution is 0.669. The summed E-state index contributed by atoms with van der Waals surface area (Å²) in [5.41, 5.74) is 1.01. The van der Waals surface area contributed by atoms with Crippen LogP contribution in [0.5, 0.6) is 0 Å². The van der Waals surface area contributed by atoms with Crippen LogP contribution in [0.4, 0.5) is 0 Å². The van der Waals surface area contributed by atoms with E-state index in [1.54, 1.807) is 4.90 Å². The highest BCUT2D eigenvalue weighted by Gasteiger charge is 2.01. The molecule has 0 atom stereocenters. The third-order valence-corrected chi connectivity index (χ3v) is 1.81. The highest BCUT2D eigenvalue weighted by atomic mass is 35.5. The average Bonchev–Trinajstić information content (AvgIpc) is 1.98. The van der Waals surface area contributed by atoms with Gasteiger partial charge in [0.15, 0.2) is 4.45 Å². The van der Waals surface area contributed by atoms with Crippen LogP contribution in [0.15, 0.2) is 23.9 Å². The second kappa shape index (κ2) is 5.33. The minimum atomic E-state index is 0.358. The van der Waals surface area contributed by atoms with Gasteiger partial charge in [-0.3, -0.25) is 0 Å². The van der Waals surface area contributed by atoms with E-state index in [-0.39, 0.29) is 0 Å². The first-order chi connectivity index (χ1) is 5.13. The first kappa shape index (κ1) is 10.7. The molecule has 0 heterocycles. The summed E-state index contributed by atoms with van der Waals surface area (Å²) >= 11 is 10.4. The molecule has 0 fully saturated rings. The van der Waals surface area contributed by atoms with Gasteiger partial charge in [-0.1, -0.05) is 23.8 Å². The molecular formula is C8H12ClNS. The van der Waals surface area contributed by atoms with Gasteiger partial charge in [-0.25, -0.2) is 0 Å². The van der Waals surface area contributed by atoms with Crippen molar-refractivity contribution < 1.29 is 0 Å². The summed E-state index contributed by atoms with van der Waals surface area (Å²) in [5, 5.41) is 0. The molecule has 0 unspecified atom stereocenters. The van der Waals surface area contributed by atoms with Gasteiger partial charge >= 0.3 is 0 Å². The van der Waals surface area contributed by atoms with E-state index in [0.717, 1.165) is 5.70 Å². The first-order valence-electron chi connectivity index (χ1n) is 3.35. The van der Waals surface area contributed by atoms with Crippen molar-refractivity contribution in [3.05, 3.63) is 23.9 Å². The normalized spacial score (nSPS) is 12.2. The first-order valence-corrected chi connectivity index (χ1v) is 4.14. The summed E-state index contributed by atoms with van der Waals surface area (Å²) in [5.74, 6) is 0. The zero-order valence-corrected chi connectivity index (χ0v) is 8.54. The topological polar surface area (TPSA) is 3.24 Å². The minimum absolute atomic E-state index is 0.358. The molecule has 3 heteroatoms. The number of rotatable bonds is 2. The lowest BCUT2D eigenvalue weighted by Gasteiger charge is -2.16. The molecule has 0 saturated carbocycles. The van der Waals surface area contributed by atoms with Gasteiger partial charge in [0.1, 0.15) is 0 Å². The van der Waals surface area contributed by atoms with Crippen LogP contribution in [0.1, 0.15) is 13.8 Å². The van der Waals surface area contributed by atoms with Gasteiger partial charge in [0.25, 0.3) is 0 Å². The summed E-state index contributed by atoms with van der Waals surface area (Å²) in [6, 6.07) is 0. The van der Waals surface area contributed by atoms with Crippen molar-refractivity contribution in [3.8, 4) is 0 Å². The van der Waals surface area contributed by atoms with Crippen LogP contribution in [-0.4, -0.2) is 16.4 Å². The van der Waals surface area contributed by atoms with E-state index in [9.17, 15) is 0 Å². The molecule has 62 valence electrons. The van der Waals surface area contributed by atoms with Crippen LogP contribution in [0.25, 0.3) is 0 Å². The minimum Gasteiger partial charge on any atom is -0.327 e. The van der Waals surface area contributed by atoms with Crippen molar-refractivity contribution in [2.24, 2.45) is 0 Å². The number of nitrogens with zero attached hydrogens (tertiary/aromatic N) is 1. The number of halogens is 1. The van der Waals surface area contributed by atoms with Crippen molar-refractivity contribution in [3.63, 3.8) is 0 Å². The Morgan fingerprint density at radius 3 is 2.27 bits per heavy atom. The smallest absolute Gasteiger partial charge is 0.174 e. The van der Waals surface area contributed by atoms with E-state index >= 15 is 0 Å². The maximum Gasteiger partial charge on any atom is 0.174 e. The van der Waals surface area contributed by atoms with Crippen LogP contribution in [-0.2, 0) is 0 Å². The Labute approximate surface area is 78.3 Å². The molecule has 0 aromatic heterocycles. The fraction of sp³-hybridized carbons (Fsp3) is 0.375. The highest BCUT2D eigenvalue weighted by molar-refractivity contribution is 7.83. The maximum absolute atomic E-state index is 5.62. The average molecular weight is 190 g/mol. The molecule has 0 N–H and O–H groups in total. The molecule has 0 aliphatic carbocycles. The lowest BCUT2D eigenvalue weighted by atomic mass is 10.3. The molecule has 0 bridgehead atoms. The number of allylic oxidation sites excluding steroid dienone is 3. The predicted molar refractivity (Wildman–Crippen MR) is 54.8 cm³/mol. The van der Waals surface area contributed by atoms with Gasteiger partial charge in [0.2, 0.25) is 0 Å². The van der Waals surface area contributed by atoms with E-state index < -0.39 is 0 Å². The number of likely N-dealkylation sites (N-methyl/N-ethyl adjacent to an activating group) is 1. The second-order valence-electron chi connectivity index (χ2n) is 2.03.